The van der Waals surface area contributed by atoms with Gasteiger partial charge in [-0.3, -0.25) is 14.7 Å². The third-order valence-corrected chi connectivity index (χ3v) is 1.89. The average Bonchev–Trinajstić information content (AvgIpc) is 2.65. The lowest BCUT2D eigenvalue weighted by Gasteiger charge is -2.11. The first-order valence-corrected chi connectivity index (χ1v) is 5.02. The van der Waals surface area contributed by atoms with E-state index in [-0.39, 0.29) is 11.7 Å². The highest BCUT2D eigenvalue weighted by Gasteiger charge is 2.18. The predicted octanol–water partition coefficient (Wildman–Crippen LogP) is -0.632. The van der Waals surface area contributed by atoms with Gasteiger partial charge in [0.05, 0.1) is 0 Å². The number of nitrogens with zero attached hydrogens (tertiary/aromatic N) is 2. The van der Waals surface area contributed by atoms with Crippen molar-refractivity contribution < 1.29 is 9.59 Å². The van der Waals surface area contributed by atoms with Crippen LogP contribution in [0.15, 0.2) is 0 Å². The minimum Gasteiger partial charge on any atom is -0.355 e. The fraction of sp³-hybridized carbons (Fsp3) is 0.556. The number of aryl methyl sites for hydroxylation is 1. The Morgan fingerprint density at radius 3 is 2.69 bits per heavy atom. The summed E-state index contributed by atoms with van der Waals surface area (Å²) in [5, 5.41) is 11.4. The molecule has 0 saturated carbocycles. The molecule has 88 valence electrons. The molecule has 0 aliphatic rings. The summed E-state index contributed by atoms with van der Waals surface area (Å²) in [6.07, 6.45) is 0. The van der Waals surface area contributed by atoms with Crippen LogP contribution in [-0.4, -0.2) is 39.6 Å². The van der Waals surface area contributed by atoms with E-state index in [1.807, 2.05) is 6.92 Å². The highest BCUT2D eigenvalue weighted by atomic mass is 16.2. The number of hydrogen-bond donors (Lipinski definition) is 3. The van der Waals surface area contributed by atoms with Crippen LogP contribution in [0.2, 0.25) is 0 Å². The molecule has 1 rings (SSSR count). The maximum Gasteiger partial charge on any atom is 0.291 e. The van der Waals surface area contributed by atoms with E-state index in [0.29, 0.717) is 12.4 Å². The number of carbonyl (C=O) groups is 2. The molecule has 7 nitrogen and oxygen atoms in total. The fourth-order valence-electron chi connectivity index (χ4n) is 1.10. The zero-order valence-electron chi connectivity index (χ0n) is 9.50. The van der Waals surface area contributed by atoms with Crippen molar-refractivity contribution in [2.75, 3.05) is 6.54 Å². The highest BCUT2D eigenvalue weighted by Crippen LogP contribution is 1.92. The van der Waals surface area contributed by atoms with Crippen LogP contribution in [0.3, 0.4) is 0 Å². The van der Waals surface area contributed by atoms with Crippen molar-refractivity contribution in [1.82, 2.24) is 25.8 Å². The van der Waals surface area contributed by atoms with E-state index < -0.39 is 11.9 Å². The molecule has 1 unspecified atom stereocenters. The molecule has 0 aliphatic carbocycles. The van der Waals surface area contributed by atoms with Crippen LogP contribution in [0, 0.1) is 6.92 Å². The molecule has 1 atom stereocenters. The van der Waals surface area contributed by atoms with Gasteiger partial charge in [-0.25, -0.2) is 4.98 Å². The molecule has 1 heterocycles. The van der Waals surface area contributed by atoms with Crippen LogP contribution < -0.4 is 10.6 Å². The molecule has 2 amide bonds. The van der Waals surface area contributed by atoms with E-state index >= 15 is 0 Å². The van der Waals surface area contributed by atoms with Crippen LogP contribution in [-0.2, 0) is 4.79 Å². The number of aromatic nitrogens is 3. The van der Waals surface area contributed by atoms with Gasteiger partial charge in [-0.1, -0.05) is 0 Å². The SMILES string of the molecule is CCNC(=O)C(C)NC(=O)c1n[nH]c(C)n1. The number of H-pyrrole nitrogens is 1. The monoisotopic (exact) mass is 225 g/mol. The Morgan fingerprint density at radius 1 is 1.50 bits per heavy atom. The zero-order chi connectivity index (χ0) is 12.1. The fourth-order valence-corrected chi connectivity index (χ4v) is 1.10. The molecule has 3 N–H and O–H groups in total. The molecular weight excluding hydrogens is 210 g/mol. The molecule has 0 aliphatic heterocycles. The lowest BCUT2D eigenvalue weighted by molar-refractivity contribution is -0.122. The van der Waals surface area contributed by atoms with Gasteiger partial charge in [0.25, 0.3) is 5.91 Å². The first kappa shape index (κ1) is 12.2. The summed E-state index contributed by atoms with van der Waals surface area (Å²) in [4.78, 5) is 26.7. The van der Waals surface area contributed by atoms with Crippen molar-refractivity contribution in [3.63, 3.8) is 0 Å². The predicted molar refractivity (Wildman–Crippen MR) is 56.7 cm³/mol. The van der Waals surface area contributed by atoms with Gasteiger partial charge in [-0.05, 0) is 20.8 Å². The Balaban J connectivity index is 2.54. The molecule has 0 fully saturated rings. The summed E-state index contributed by atoms with van der Waals surface area (Å²) >= 11 is 0. The molecular formula is C9H15N5O2. The minimum atomic E-state index is -0.605. The van der Waals surface area contributed by atoms with Crippen molar-refractivity contribution in [2.24, 2.45) is 0 Å². The first-order valence-electron chi connectivity index (χ1n) is 5.02. The van der Waals surface area contributed by atoms with Crippen LogP contribution >= 0.6 is 0 Å². The smallest absolute Gasteiger partial charge is 0.291 e. The zero-order valence-corrected chi connectivity index (χ0v) is 9.50. The van der Waals surface area contributed by atoms with Gasteiger partial charge in [-0.15, -0.1) is 5.10 Å². The lowest BCUT2D eigenvalue weighted by Crippen LogP contribution is -2.45. The Labute approximate surface area is 93.0 Å². The van der Waals surface area contributed by atoms with Crippen molar-refractivity contribution >= 4 is 11.8 Å². The summed E-state index contributed by atoms with van der Waals surface area (Å²) < 4.78 is 0. The van der Waals surface area contributed by atoms with Gasteiger partial charge >= 0.3 is 0 Å². The largest absolute Gasteiger partial charge is 0.355 e. The average molecular weight is 225 g/mol. The normalized spacial score (nSPS) is 11.9. The summed E-state index contributed by atoms with van der Waals surface area (Å²) in [5.74, 6) is -0.115. The number of aromatic amines is 1. The van der Waals surface area contributed by atoms with Gasteiger partial charge in [-0.2, -0.15) is 0 Å². The third kappa shape index (κ3) is 3.04. The minimum absolute atomic E-state index is 0.0358. The number of carbonyl (C=O) groups excluding carboxylic acids is 2. The van der Waals surface area contributed by atoms with Gasteiger partial charge in [0.15, 0.2) is 0 Å². The quantitative estimate of drug-likeness (QED) is 0.635. The van der Waals surface area contributed by atoms with Gasteiger partial charge < -0.3 is 10.6 Å². The molecule has 16 heavy (non-hydrogen) atoms. The topological polar surface area (TPSA) is 99.8 Å². The van der Waals surface area contributed by atoms with E-state index in [2.05, 4.69) is 25.8 Å². The van der Waals surface area contributed by atoms with Crippen molar-refractivity contribution in [3.8, 4) is 0 Å². The van der Waals surface area contributed by atoms with Gasteiger partial charge in [0, 0.05) is 6.54 Å². The summed E-state index contributed by atoms with van der Waals surface area (Å²) in [7, 11) is 0. The molecule has 0 bridgehead atoms. The van der Waals surface area contributed by atoms with Crippen LogP contribution in [0.1, 0.15) is 30.3 Å². The molecule has 7 heteroatoms. The molecule has 0 radical (unpaired) electrons. The van der Waals surface area contributed by atoms with Crippen molar-refractivity contribution in [3.05, 3.63) is 11.6 Å². The van der Waals surface area contributed by atoms with E-state index in [4.69, 9.17) is 0 Å². The summed E-state index contributed by atoms with van der Waals surface area (Å²) in [5.41, 5.74) is 0. The number of amides is 2. The van der Waals surface area contributed by atoms with Crippen molar-refractivity contribution in [1.29, 1.82) is 0 Å². The van der Waals surface area contributed by atoms with E-state index in [9.17, 15) is 9.59 Å². The van der Waals surface area contributed by atoms with E-state index in [1.165, 1.54) is 0 Å². The number of hydrogen-bond acceptors (Lipinski definition) is 4. The molecule has 0 aromatic carbocycles. The standard InChI is InChI=1S/C9H15N5O2/c1-4-10-8(15)5(2)11-9(16)7-12-6(3)13-14-7/h5H,4H2,1-3H3,(H,10,15)(H,11,16)(H,12,13,14). The third-order valence-electron chi connectivity index (χ3n) is 1.89. The summed E-state index contributed by atoms with van der Waals surface area (Å²) in [6.45, 7) is 5.63. The second-order valence-corrected chi connectivity index (χ2v) is 3.33. The summed E-state index contributed by atoms with van der Waals surface area (Å²) in [6, 6.07) is -0.605. The van der Waals surface area contributed by atoms with E-state index in [1.54, 1.807) is 13.8 Å². The lowest BCUT2D eigenvalue weighted by atomic mass is 10.3. The molecule has 0 spiro atoms. The number of rotatable bonds is 4. The molecule has 0 saturated heterocycles. The molecule has 1 aromatic rings. The van der Waals surface area contributed by atoms with Crippen LogP contribution in [0.25, 0.3) is 0 Å². The van der Waals surface area contributed by atoms with Gasteiger partial charge in [0.1, 0.15) is 11.9 Å². The Kier molecular flexibility index (Phi) is 3.98. The second-order valence-electron chi connectivity index (χ2n) is 3.33. The highest BCUT2D eigenvalue weighted by molar-refractivity contribution is 5.94. The first-order chi connectivity index (χ1) is 7.54. The Bertz CT molecular complexity index is 387. The number of nitrogens with one attached hydrogen (secondary N) is 3. The van der Waals surface area contributed by atoms with Gasteiger partial charge in [0.2, 0.25) is 11.7 Å². The van der Waals surface area contributed by atoms with Crippen molar-refractivity contribution in [2.45, 2.75) is 26.8 Å². The van der Waals surface area contributed by atoms with Crippen LogP contribution in [0.5, 0.6) is 0 Å². The maximum absolute atomic E-state index is 11.5. The van der Waals surface area contributed by atoms with E-state index in [0.717, 1.165) is 0 Å². The second kappa shape index (κ2) is 5.24. The molecule has 1 aromatic heterocycles. The van der Waals surface area contributed by atoms with Crippen LogP contribution in [0.4, 0.5) is 0 Å². The number of likely N-dealkylation sites (N-methyl/N-ethyl adjacent to an activating group) is 1. The Morgan fingerprint density at radius 2 is 2.19 bits per heavy atom. The Hall–Kier alpha value is -1.92. The maximum atomic E-state index is 11.5.